The molecule has 8 nitrogen and oxygen atoms in total. The van der Waals surface area contributed by atoms with E-state index in [9.17, 15) is 13.2 Å². The van der Waals surface area contributed by atoms with Gasteiger partial charge in [-0.3, -0.25) is 4.79 Å². The highest BCUT2D eigenvalue weighted by molar-refractivity contribution is 7.89. The summed E-state index contributed by atoms with van der Waals surface area (Å²) >= 11 is 6.55. The number of sulfonamides is 1. The van der Waals surface area contributed by atoms with Crippen LogP contribution in [0.5, 0.6) is 0 Å². The maximum atomic E-state index is 13.2. The molecule has 0 fully saturated rings. The minimum Gasteiger partial charge on any atom is -0.376 e. The van der Waals surface area contributed by atoms with E-state index in [1.165, 1.54) is 26.2 Å². The van der Waals surface area contributed by atoms with Crippen molar-refractivity contribution in [3.63, 3.8) is 0 Å². The number of carbonyl (C=O) groups is 1. The first kappa shape index (κ1) is 24.8. The normalized spacial score (nSPS) is 11.6. The third-order valence-electron chi connectivity index (χ3n) is 5.22. The molecule has 0 saturated heterocycles. The van der Waals surface area contributed by atoms with E-state index in [-0.39, 0.29) is 15.6 Å². The van der Waals surface area contributed by atoms with Crippen molar-refractivity contribution >= 4 is 38.9 Å². The second-order valence-corrected chi connectivity index (χ2v) is 10.7. The number of hydrogen-bond donors (Lipinski definition) is 1. The molecular weight excluding hydrogens is 462 g/mol. The monoisotopic (exact) mass is 489 g/mol. The molecule has 0 atom stereocenters. The maximum Gasteiger partial charge on any atom is 0.260 e. The van der Waals surface area contributed by atoms with Gasteiger partial charge in [0.05, 0.1) is 34.1 Å². The SMILES string of the molecule is Cc1ccc(Cn2nc(C)c(C(=O)Nc3cc(S(=O)(=O)N(C)C)ccc3N(C)C)c2Cl)cc1. The number of halogens is 1. The van der Waals surface area contributed by atoms with Crippen molar-refractivity contribution in [2.24, 2.45) is 0 Å². The lowest BCUT2D eigenvalue weighted by molar-refractivity contribution is 0.102. The first-order chi connectivity index (χ1) is 15.4. The molecule has 0 aliphatic heterocycles. The van der Waals surface area contributed by atoms with Crippen LogP contribution >= 0.6 is 11.6 Å². The largest absolute Gasteiger partial charge is 0.376 e. The topological polar surface area (TPSA) is 87.5 Å². The summed E-state index contributed by atoms with van der Waals surface area (Å²) < 4.78 is 27.9. The number of nitrogens with one attached hydrogen (secondary N) is 1. The lowest BCUT2D eigenvalue weighted by atomic mass is 10.1. The standard InChI is InChI=1S/C23H28ClN5O3S/c1-15-7-9-17(10-8-15)14-29-22(24)21(16(2)26-29)23(30)25-19-13-18(33(31,32)28(5)6)11-12-20(19)27(3)4/h7-13H,14H2,1-6H3,(H,25,30). The van der Waals surface area contributed by atoms with Gasteiger partial charge in [0, 0.05) is 28.2 Å². The molecule has 1 amide bonds. The molecule has 3 rings (SSSR count). The van der Waals surface area contributed by atoms with Crippen LogP contribution in [0.25, 0.3) is 0 Å². The van der Waals surface area contributed by atoms with Gasteiger partial charge in [0.25, 0.3) is 5.91 Å². The van der Waals surface area contributed by atoms with Gasteiger partial charge < -0.3 is 10.2 Å². The molecule has 0 aliphatic rings. The minimum absolute atomic E-state index is 0.0753. The molecule has 0 unspecified atom stereocenters. The lowest BCUT2D eigenvalue weighted by Gasteiger charge is -2.20. The Hall–Kier alpha value is -2.88. The van der Waals surface area contributed by atoms with E-state index in [1.54, 1.807) is 22.6 Å². The van der Waals surface area contributed by atoms with Gasteiger partial charge in [0.1, 0.15) is 5.15 Å². The Morgan fingerprint density at radius 2 is 1.70 bits per heavy atom. The van der Waals surface area contributed by atoms with E-state index >= 15 is 0 Å². The summed E-state index contributed by atoms with van der Waals surface area (Å²) in [6.07, 6.45) is 0. The van der Waals surface area contributed by atoms with Gasteiger partial charge >= 0.3 is 0 Å². The van der Waals surface area contributed by atoms with Crippen LogP contribution in [-0.4, -0.2) is 56.6 Å². The van der Waals surface area contributed by atoms with Crippen LogP contribution in [0.1, 0.15) is 27.2 Å². The predicted octanol–water partition coefficient (Wildman–Crippen LogP) is 3.77. The molecule has 0 aliphatic carbocycles. The highest BCUT2D eigenvalue weighted by Crippen LogP contribution is 2.30. The number of rotatable bonds is 7. The number of nitrogens with zero attached hydrogens (tertiary/aromatic N) is 4. The first-order valence-corrected chi connectivity index (χ1v) is 12.1. The summed E-state index contributed by atoms with van der Waals surface area (Å²) in [6, 6.07) is 12.6. The molecule has 0 radical (unpaired) electrons. The van der Waals surface area contributed by atoms with Crippen LogP contribution in [0, 0.1) is 13.8 Å². The van der Waals surface area contributed by atoms with Gasteiger partial charge in [0.2, 0.25) is 10.0 Å². The zero-order valence-corrected chi connectivity index (χ0v) is 21.1. The summed E-state index contributed by atoms with van der Waals surface area (Å²) in [7, 11) is 2.86. The lowest BCUT2D eigenvalue weighted by Crippen LogP contribution is -2.23. The van der Waals surface area contributed by atoms with Crippen molar-refractivity contribution in [2.75, 3.05) is 38.4 Å². The Labute approximate surface area is 199 Å². The van der Waals surface area contributed by atoms with E-state index in [0.717, 1.165) is 15.4 Å². The summed E-state index contributed by atoms with van der Waals surface area (Å²) in [5.74, 6) is -0.463. The van der Waals surface area contributed by atoms with E-state index < -0.39 is 15.9 Å². The van der Waals surface area contributed by atoms with E-state index in [1.807, 2.05) is 45.3 Å². The number of hydrogen-bond acceptors (Lipinski definition) is 5. The zero-order valence-electron chi connectivity index (χ0n) is 19.5. The van der Waals surface area contributed by atoms with Gasteiger partial charge in [-0.15, -0.1) is 0 Å². The molecule has 10 heteroatoms. The van der Waals surface area contributed by atoms with Crippen molar-refractivity contribution in [3.8, 4) is 0 Å². The van der Waals surface area contributed by atoms with Crippen LogP contribution in [-0.2, 0) is 16.6 Å². The summed E-state index contributed by atoms with van der Waals surface area (Å²) in [5.41, 5.74) is 3.89. The van der Waals surface area contributed by atoms with Crippen LogP contribution in [0.3, 0.4) is 0 Å². The van der Waals surface area contributed by atoms with Gasteiger partial charge in [-0.05, 0) is 37.6 Å². The molecule has 176 valence electrons. The summed E-state index contributed by atoms with van der Waals surface area (Å²) in [6.45, 7) is 4.15. The van der Waals surface area contributed by atoms with Crippen molar-refractivity contribution < 1.29 is 13.2 Å². The number of benzene rings is 2. The second kappa shape index (κ2) is 9.54. The van der Waals surface area contributed by atoms with Crippen molar-refractivity contribution in [1.29, 1.82) is 0 Å². The molecule has 0 saturated carbocycles. The van der Waals surface area contributed by atoms with Gasteiger partial charge in [-0.25, -0.2) is 17.4 Å². The second-order valence-electron chi connectivity index (χ2n) is 8.21. The summed E-state index contributed by atoms with van der Waals surface area (Å²) in [5, 5.41) is 7.48. The molecule has 0 bridgehead atoms. The van der Waals surface area contributed by atoms with E-state index in [0.29, 0.717) is 23.6 Å². The zero-order chi connectivity index (χ0) is 24.5. The van der Waals surface area contributed by atoms with E-state index in [2.05, 4.69) is 10.4 Å². The average Bonchev–Trinajstić information content (AvgIpc) is 3.02. The highest BCUT2D eigenvalue weighted by Gasteiger charge is 2.24. The molecule has 1 N–H and O–H groups in total. The average molecular weight is 490 g/mol. The highest BCUT2D eigenvalue weighted by atomic mass is 35.5. The fourth-order valence-electron chi connectivity index (χ4n) is 3.34. The third-order valence-corrected chi connectivity index (χ3v) is 7.42. The van der Waals surface area contributed by atoms with Gasteiger partial charge in [0.15, 0.2) is 0 Å². The number of aryl methyl sites for hydroxylation is 2. The molecule has 3 aromatic rings. The Bertz CT molecular complexity index is 1280. The number of aromatic nitrogens is 2. The molecule has 1 heterocycles. The fraction of sp³-hybridized carbons (Fsp3) is 0.304. The van der Waals surface area contributed by atoms with Gasteiger partial charge in [-0.1, -0.05) is 41.4 Å². The molecule has 33 heavy (non-hydrogen) atoms. The Morgan fingerprint density at radius 3 is 2.27 bits per heavy atom. The van der Waals surface area contributed by atoms with Crippen molar-refractivity contribution in [2.45, 2.75) is 25.3 Å². The minimum atomic E-state index is -3.67. The Balaban J connectivity index is 1.95. The van der Waals surface area contributed by atoms with Crippen LogP contribution in [0.15, 0.2) is 47.4 Å². The molecule has 1 aromatic heterocycles. The van der Waals surface area contributed by atoms with Crippen LogP contribution in [0.2, 0.25) is 5.15 Å². The third kappa shape index (κ3) is 5.21. The quantitative estimate of drug-likeness (QED) is 0.545. The number of amides is 1. The predicted molar refractivity (Wildman–Crippen MR) is 132 cm³/mol. The first-order valence-electron chi connectivity index (χ1n) is 10.3. The van der Waals surface area contributed by atoms with Crippen molar-refractivity contribution in [3.05, 3.63) is 70.0 Å². The fourth-order valence-corrected chi connectivity index (χ4v) is 4.59. The molecular formula is C23H28ClN5O3S. The van der Waals surface area contributed by atoms with Gasteiger partial charge in [-0.2, -0.15) is 5.10 Å². The summed E-state index contributed by atoms with van der Waals surface area (Å²) in [4.78, 5) is 15.1. The Morgan fingerprint density at radius 1 is 1.06 bits per heavy atom. The number of carbonyl (C=O) groups excluding carboxylic acids is 1. The number of anilines is 2. The Kier molecular flexibility index (Phi) is 7.16. The van der Waals surface area contributed by atoms with Crippen LogP contribution in [0.4, 0.5) is 11.4 Å². The van der Waals surface area contributed by atoms with E-state index in [4.69, 9.17) is 11.6 Å². The maximum absolute atomic E-state index is 13.2. The van der Waals surface area contributed by atoms with Crippen LogP contribution < -0.4 is 10.2 Å². The van der Waals surface area contributed by atoms with Crippen molar-refractivity contribution in [1.82, 2.24) is 14.1 Å². The smallest absolute Gasteiger partial charge is 0.260 e. The molecule has 0 spiro atoms. The molecule has 2 aromatic carbocycles.